The Labute approximate surface area is 135 Å². The summed E-state index contributed by atoms with van der Waals surface area (Å²) in [6.45, 7) is 0. The van der Waals surface area contributed by atoms with Crippen molar-refractivity contribution >= 4 is 18.2 Å². The number of amides is 1. The summed E-state index contributed by atoms with van der Waals surface area (Å²) in [5.74, 6) is 1.10. The first-order valence-corrected chi connectivity index (χ1v) is 7.01. The van der Waals surface area contributed by atoms with E-state index in [4.69, 9.17) is 9.47 Å². The van der Waals surface area contributed by atoms with Gasteiger partial charge in [0, 0.05) is 17.3 Å². The fourth-order valence-corrected chi connectivity index (χ4v) is 1.92. The molecule has 5 nitrogen and oxygen atoms in total. The largest absolute Gasteiger partial charge is 0.497 e. The first-order chi connectivity index (χ1) is 11.2. The third kappa shape index (κ3) is 4.71. The van der Waals surface area contributed by atoms with Gasteiger partial charge < -0.3 is 9.47 Å². The van der Waals surface area contributed by atoms with Crippen molar-refractivity contribution in [3.8, 4) is 11.5 Å². The van der Waals surface area contributed by atoms with E-state index in [-0.39, 0.29) is 5.91 Å². The lowest BCUT2D eigenvalue weighted by atomic mass is 10.2. The Kier molecular flexibility index (Phi) is 5.94. The minimum atomic E-state index is -0.300. The summed E-state index contributed by atoms with van der Waals surface area (Å²) in [5, 5.41) is 3.88. The second kappa shape index (κ2) is 8.38. The van der Waals surface area contributed by atoms with Gasteiger partial charge in [0.1, 0.15) is 11.5 Å². The summed E-state index contributed by atoms with van der Waals surface area (Å²) in [6.07, 6.45) is 5.08. The maximum absolute atomic E-state index is 11.9. The molecular formula is C18H18N2O3. The number of rotatable bonds is 6. The van der Waals surface area contributed by atoms with Crippen LogP contribution in [0.25, 0.3) is 6.08 Å². The van der Waals surface area contributed by atoms with E-state index in [1.807, 2.05) is 30.3 Å². The topological polar surface area (TPSA) is 59.9 Å². The zero-order valence-corrected chi connectivity index (χ0v) is 13.0. The number of ether oxygens (including phenoxy) is 2. The van der Waals surface area contributed by atoms with Gasteiger partial charge in [-0.3, -0.25) is 4.79 Å². The van der Waals surface area contributed by atoms with Crippen molar-refractivity contribution in [2.75, 3.05) is 14.2 Å². The van der Waals surface area contributed by atoms with Crippen molar-refractivity contribution in [2.45, 2.75) is 0 Å². The van der Waals surface area contributed by atoms with Crippen LogP contribution >= 0.6 is 0 Å². The molecule has 118 valence electrons. The molecule has 0 radical (unpaired) electrons. The number of hydrogen-bond donors (Lipinski definition) is 1. The first kappa shape index (κ1) is 16.3. The number of para-hydroxylation sites is 1. The van der Waals surface area contributed by atoms with E-state index in [1.54, 1.807) is 44.6 Å². The number of carbonyl (C=O) groups excluding carboxylic acids is 1. The van der Waals surface area contributed by atoms with E-state index in [2.05, 4.69) is 10.5 Å². The maximum Gasteiger partial charge on any atom is 0.271 e. The average Bonchev–Trinajstić information content (AvgIpc) is 2.61. The Bertz CT molecular complexity index is 724. The Hall–Kier alpha value is -3.08. The van der Waals surface area contributed by atoms with Crippen molar-refractivity contribution in [2.24, 2.45) is 5.10 Å². The SMILES string of the molecule is COc1cccc(C(=O)NN=CC=Cc2ccccc2OC)c1. The van der Waals surface area contributed by atoms with E-state index in [1.165, 1.54) is 6.21 Å². The van der Waals surface area contributed by atoms with Gasteiger partial charge in [0.15, 0.2) is 0 Å². The predicted molar refractivity (Wildman–Crippen MR) is 91.0 cm³/mol. The van der Waals surface area contributed by atoms with Crippen molar-refractivity contribution < 1.29 is 14.3 Å². The number of methoxy groups -OCH3 is 2. The number of allylic oxidation sites excluding steroid dienone is 1. The van der Waals surface area contributed by atoms with E-state index in [0.717, 1.165) is 11.3 Å². The van der Waals surface area contributed by atoms with Gasteiger partial charge in [-0.2, -0.15) is 5.10 Å². The highest BCUT2D eigenvalue weighted by Crippen LogP contribution is 2.18. The average molecular weight is 310 g/mol. The highest BCUT2D eigenvalue weighted by Gasteiger charge is 2.04. The lowest BCUT2D eigenvalue weighted by Crippen LogP contribution is -2.17. The Morgan fingerprint density at radius 1 is 1.09 bits per heavy atom. The molecule has 1 amide bonds. The third-order valence-corrected chi connectivity index (χ3v) is 3.07. The summed E-state index contributed by atoms with van der Waals surface area (Å²) < 4.78 is 10.3. The second-order valence-corrected chi connectivity index (χ2v) is 4.55. The zero-order valence-electron chi connectivity index (χ0n) is 13.0. The highest BCUT2D eigenvalue weighted by atomic mass is 16.5. The molecule has 0 aliphatic heterocycles. The van der Waals surface area contributed by atoms with E-state index in [9.17, 15) is 4.79 Å². The highest BCUT2D eigenvalue weighted by molar-refractivity contribution is 5.95. The molecule has 0 bridgehead atoms. The van der Waals surface area contributed by atoms with Crippen LogP contribution in [0.4, 0.5) is 0 Å². The molecule has 0 saturated carbocycles. The molecule has 1 N–H and O–H groups in total. The minimum absolute atomic E-state index is 0.300. The summed E-state index contributed by atoms with van der Waals surface area (Å²) in [6, 6.07) is 14.5. The lowest BCUT2D eigenvalue weighted by molar-refractivity contribution is 0.0955. The molecule has 0 atom stereocenters. The summed E-state index contributed by atoms with van der Waals surface area (Å²) >= 11 is 0. The van der Waals surface area contributed by atoms with Crippen molar-refractivity contribution in [1.82, 2.24) is 5.43 Å². The summed E-state index contributed by atoms with van der Waals surface area (Å²) in [4.78, 5) is 11.9. The van der Waals surface area contributed by atoms with E-state index in [0.29, 0.717) is 11.3 Å². The van der Waals surface area contributed by atoms with Crippen LogP contribution in [0.15, 0.2) is 59.7 Å². The van der Waals surface area contributed by atoms with Gasteiger partial charge >= 0.3 is 0 Å². The van der Waals surface area contributed by atoms with Crippen LogP contribution < -0.4 is 14.9 Å². The van der Waals surface area contributed by atoms with Gasteiger partial charge in [0.25, 0.3) is 5.91 Å². The van der Waals surface area contributed by atoms with Crippen LogP contribution in [0, 0.1) is 0 Å². The molecule has 0 aliphatic carbocycles. The summed E-state index contributed by atoms with van der Waals surface area (Å²) in [5.41, 5.74) is 3.87. The Morgan fingerprint density at radius 2 is 1.91 bits per heavy atom. The molecule has 0 aliphatic rings. The zero-order chi connectivity index (χ0) is 16.5. The Morgan fingerprint density at radius 3 is 2.70 bits per heavy atom. The number of benzene rings is 2. The van der Waals surface area contributed by atoms with Gasteiger partial charge in [-0.15, -0.1) is 0 Å². The Balaban J connectivity index is 1.93. The predicted octanol–water partition coefficient (Wildman–Crippen LogP) is 3.13. The molecule has 0 aromatic heterocycles. The quantitative estimate of drug-likeness (QED) is 0.658. The van der Waals surface area contributed by atoms with Crippen LogP contribution in [0.1, 0.15) is 15.9 Å². The number of hydrazone groups is 1. The van der Waals surface area contributed by atoms with Crippen LogP contribution in [0.5, 0.6) is 11.5 Å². The maximum atomic E-state index is 11.9. The fourth-order valence-electron chi connectivity index (χ4n) is 1.92. The monoisotopic (exact) mass is 310 g/mol. The number of nitrogens with zero attached hydrogens (tertiary/aromatic N) is 1. The number of carbonyl (C=O) groups is 1. The molecule has 0 unspecified atom stereocenters. The minimum Gasteiger partial charge on any atom is -0.497 e. The number of nitrogens with one attached hydrogen (secondary N) is 1. The van der Waals surface area contributed by atoms with E-state index < -0.39 is 0 Å². The molecular weight excluding hydrogens is 292 g/mol. The molecule has 2 aromatic rings. The lowest BCUT2D eigenvalue weighted by Gasteiger charge is -2.03. The van der Waals surface area contributed by atoms with Crippen LogP contribution in [-0.4, -0.2) is 26.3 Å². The second-order valence-electron chi connectivity index (χ2n) is 4.55. The third-order valence-electron chi connectivity index (χ3n) is 3.07. The number of hydrogen-bond acceptors (Lipinski definition) is 4. The standard InChI is InChI=1S/C18H18N2O3/c1-22-16-10-5-8-15(13-16)18(21)20-19-12-6-9-14-7-3-4-11-17(14)23-2/h3-13H,1-2H3,(H,20,21). The van der Waals surface area contributed by atoms with Crippen LogP contribution in [0.2, 0.25) is 0 Å². The van der Waals surface area contributed by atoms with E-state index >= 15 is 0 Å². The summed E-state index contributed by atoms with van der Waals surface area (Å²) in [7, 11) is 3.17. The van der Waals surface area contributed by atoms with Gasteiger partial charge in [-0.05, 0) is 36.4 Å². The molecule has 0 spiro atoms. The van der Waals surface area contributed by atoms with Crippen molar-refractivity contribution in [3.05, 3.63) is 65.7 Å². The van der Waals surface area contributed by atoms with Crippen LogP contribution in [0.3, 0.4) is 0 Å². The molecule has 5 heteroatoms. The van der Waals surface area contributed by atoms with Gasteiger partial charge in [0.05, 0.1) is 14.2 Å². The molecule has 23 heavy (non-hydrogen) atoms. The normalized spacial score (nSPS) is 10.9. The van der Waals surface area contributed by atoms with Crippen molar-refractivity contribution in [3.63, 3.8) is 0 Å². The molecule has 0 heterocycles. The molecule has 0 saturated heterocycles. The van der Waals surface area contributed by atoms with Gasteiger partial charge in [-0.1, -0.05) is 24.3 Å². The fraction of sp³-hybridized carbons (Fsp3) is 0.111. The van der Waals surface area contributed by atoms with Gasteiger partial charge in [0.2, 0.25) is 0 Å². The smallest absolute Gasteiger partial charge is 0.271 e. The van der Waals surface area contributed by atoms with Crippen LogP contribution in [-0.2, 0) is 0 Å². The molecule has 0 fully saturated rings. The first-order valence-electron chi connectivity index (χ1n) is 7.01. The van der Waals surface area contributed by atoms with Gasteiger partial charge in [-0.25, -0.2) is 5.43 Å². The molecule has 2 aromatic carbocycles. The van der Waals surface area contributed by atoms with Crippen molar-refractivity contribution in [1.29, 1.82) is 0 Å². The molecule has 2 rings (SSSR count).